The minimum atomic E-state index is -1.74. The third-order valence-corrected chi connectivity index (χ3v) is 2.38. The summed E-state index contributed by atoms with van der Waals surface area (Å²) >= 11 is 0. The Kier molecular flexibility index (Phi) is 4.50. The number of carbonyl (C=O) groups excluding carboxylic acids is 1. The highest BCUT2D eigenvalue weighted by atomic mass is 16.6. The van der Waals surface area contributed by atoms with Crippen LogP contribution in [0.25, 0.3) is 0 Å². The van der Waals surface area contributed by atoms with E-state index in [0.717, 1.165) is 6.07 Å². The molecule has 0 heterocycles. The Labute approximate surface area is 102 Å². The molecule has 7 nitrogen and oxygen atoms in total. The van der Waals surface area contributed by atoms with Crippen LogP contribution in [0.4, 0.5) is 5.69 Å². The molecule has 1 rings (SSSR count). The fourth-order valence-electron chi connectivity index (χ4n) is 1.51. The highest BCUT2D eigenvalue weighted by molar-refractivity contribution is 5.74. The van der Waals surface area contributed by atoms with Gasteiger partial charge in [-0.3, -0.25) is 10.1 Å². The van der Waals surface area contributed by atoms with Crippen LogP contribution < -0.4 is 0 Å². The molecule has 1 aromatic carbocycles. The third-order valence-electron chi connectivity index (χ3n) is 2.38. The smallest absolute Gasteiger partial charge is 0.337 e. The van der Waals surface area contributed by atoms with Gasteiger partial charge in [-0.05, 0) is 24.1 Å². The summed E-state index contributed by atoms with van der Waals surface area (Å²) in [6, 6.07) is 3.55. The Balaban J connectivity index is 3.15. The molecule has 0 aliphatic rings. The normalized spacial score (nSPS) is 11.8. The molecule has 0 saturated heterocycles. The van der Waals surface area contributed by atoms with Crippen molar-refractivity contribution < 1.29 is 24.7 Å². The Morgan fingerprint density at radius 3 is 2.67 bits per heavy atom. The minimum Gasteiger partial charge on any atom is -0.479 e. The molecule has 96 valence electrons. The zero-order valence-corrected chi connectivity index (χ0v) is 9.28. The number of aldehydes is 1. The lowest BCUT2D eigenvalue weighted by molar-refractivity contribution is -0.385. The van der Waals surface area contributed by atoms with Crippen molar-refractivity contribution in [3.8, 4) is 0 Å². The second kappa shape index (κ2) is 5.87. The van der Waals surface area contributed by atoms with Crippen LogP contribution in [0.5, 0.6) is 0 Å². The quantitative estimate of drug-likeness (QED) is 0.440. The average molecular weight is 253 g/mol. The van der Waals surface area contributed by atoms with Crippen LogP contribution >= 0.6 is 0 Å². The van der Waals surface area contributed by atoms with Crippen molar-refractivity contribution in [3.63, 3.8) is 0 Å². The van der Waals surface area contributed by atoms with Gasteiger partial charge in [0.05, 0.1) is 4.92 Å². The molecule has 0 saturated carbocycles. The van der Waals surface area contributed by atoms with Crippen molar-refractivity contribution >= 4 is 17.9 Å². The van der Waals surface area contributed by atoms with E-state index in [2.05, 4.69) is 0 Å². The summed E-state index contributed by atoms with van der Waals surface area (Å²) in [5, 5.41) is 28.7. The summed E-state index contributed by atoms with van der Waals surface area (Å²) in [6.07, 6.45) is -0.905. The molecule has 1 unspecified atom stereocenters. The summed E-state index contributed by atoms with van der Waals surface area (Å²) in [5.74, 6) is -1.44. The van der Waals surface area contributed by atoms with Gasteiger partial charge < -0.3 is 15.0 Å². The lowest BCUT2D eigenvalue weighted by atomic mass is 10.0. The number of aliphatic hydroxyl groups excluding tert-OH is 1. The number of carboxylic acid groups (broad SMARTS) is 1. The standard InChI is InChI=1S/C11H11NO6/c13-5-1-2-7-6-8(10(14)11(15)16)3-4-9(7)12(17)18/h3-6,10,14H,1-2H2,(H,15,16). The van der Waals surface area contributed by atoms with Crippen molar-refractivity contribution in [1.29, 1.82) is 0 Å². The van der Waals surface area contributed by atoms with E-state index in [1.165, 1.54) is 12.1 Å². The van der Waals surface area contributed by atoms with E-state index >= 15 is 0 Å². The van der Waals surface area contributed by atoms with Crippen LogP contribution in [-0.2, 0) is 16.0 Å². The molecule has 0 spiro atoms. The number of aliphatic hydroxyl groups is 1. The van der Waals surface area contributed by atoms with Gasteiger partial charge in [-0.2, -0.15) is 0 Å². The molecule has 0 fully saturated rings. The van der Waals surface area contributed by atoms with Crippen molar-refractivity contribution in [2.45, 2.75) is 18.9 Å². The lowest BCUT2D eigenvalue weighted by Gasteiger charge is -2.08. The predicted octanol–water partition coefficient (Wildman–Crippen LogP) is 0.844. The first-order valence-electron chi connectivity index (χ1n) is 5.09. The zero-order chi connectivity index (χ0) is 13.7. The van der Waals surface area contributed by atoms with E-state index in [-0.39, 0.29) is 29.7 Å². The number of nitrogens with zero attached hydrogens (tertiary/aromatic N) is 1. The molecule has 7 heteroatoms. The summed E-state index contributed by atoms with van der Waals surface area (Å²) < 4.78 is 0. The maximum atomic E-state index is 10.7. The van der Waals surface area contributed by atoms with Gasteiger partial charge in [0.15, 0.2) is 6.10 Å². The van der Waals surface area contributed by atoms with Crippen LogP contribution in [0.15, 0.2) is 18.2 Å². The van der Waals surface area contributed by atoms with Crippen molar-refractivity contribution in [1.82, 2.24) is 0 Å². The molecule has 0 radical (unpaired) electrons. The van der Waals surface area contributed by atoms with Gasteiger partial charge in [0.2, 0.25) is 0 Å². The first-order valence-corrected chi connectivity index (χ1v) is 5.09. The zero-order valence-electron chi connectivity index (χ0n) is 9.28. The Bertz CT molecular complexity index is 484. The molecule has 1 atom stereocenters. The summed E-state index contributed by atoms with van der Waals surface area (Å²) in [4.78, 5) is 31.0. The molecular formula is C11H11NO6. The number of carbonyl (C=O) groups is 2. The topological polar surface area (TPSA) is 118 Å². The average Bonchev–Trinajstić information content (AvgIpc) is 2.34. The molecule has 0 aliphatic heterocycles. The Morgan fingerprint density at radius 2 is 2.17 bits per heavy atom. The van der Waals surface area contributed by atoms with Gasteiger partial charge in [-0.15, -0.1) is 0 Å². The molecular weight excluding hydrogens is 242 g/mol. The van der Waals surface area contributed by atoms with Crippen molar-refractivity contribution in [3.05, 3.63) is 39.4 Å². The SMILES string of the molecule is O=CCCc1cc(C(O)C(=O)O)ccc1[N+](=O)[O-]. The summed E-state index contributed by atoms with van der Waals surface area (Å²) in [7, 11) is 0. The van der Waals surface area contributed by atoms with Gasteiger partial charge >= 0.3 is 5.97 Å². The third kappa shape index (κ3) is 3.11. The number of nitro benzene ring substituents is 1. The lowest BCUT2D eigenvalue weighted by Crippen LogP contribution is -2.11. The number of aliphatic carboxylic acids is 1. The molecule has 0 bridgehead atoms. The fraction of sp³-hybridized carbons (Fsp3) is 0.273. The molecule has 0 amide bonds. The van der Waals surface area contributed by atoms with E-state index in [9.17, 15) is 24.8 Å². The number of aryl methyl sites for hydroxylation is 1. The van der Waals surface area contributed by atoms with Crippen LogP contribution in [0.2, 0.25) is 0 Å². The number of rotatable bonds is 6. The van der Waals surface area contributed by atoms with E-state index in [4.69, 9.17) is 5.11 Å². The number of hydrogen-bond acceptors (Lipinski definition) is 5. The number of carboxylic acids is 1. The van der Waals surface area contributed by atoms with E-state index < -0.39 is 17.0 Å². The number of hydrogen-bond donors (Lipinski definition) is 2. The minimum absolute atomic E-state index is 0.0500. The predicted molar refractivity (Wildman–Crippen MR) is 60.1 cm³/mol. The molecule has 2 N–H and O–H groups in total. The first-order chi connectivity index (χ1) is 8.47. The molecule has 18 heavy (non-hydrogen) atoms. The van der Waals surface area contributed by atoms with Crippen LogP contribution in [-0.4, -0.2) is 27.4 Å². The van der Waals surface area contributed by atoms with E-state index in [1.54, 1.807) is 0 Å². The van der Waals surface area contributed by atoms with E-state index in [0.29, 0.717) is 6.29 Å². The molecule has 1 aromatic rings. The second-order valence-electron chi connectivity index (χ2n) is 3.59. The Hall–Kier alpha value is -2.28. The summed E-state index contributed by atoms with van der Waals surface area (Å²) in [5.41, 5.74) is 0.0806. The van der Waals surface area contributed by atoms with Gasteiger partial charge in [-0.1, -0.05) is 0 Å². The fourth-order valence-corrected chi connectivity index (χ4v) is 1.51. The number of benzene rings is 1. The van der Waals surface area contributed by atoms with Crippen LogP contribution in [0, 0.1) is 10.1 Å². The second-order valence-corrected chi connectivity index (χ2v) is 3.59. The highest BCUT2D eigenvalue weighted by Crippen LogP contribution is 2.24. The van der Waals surface area contributed by atoms with E-state index in [1.807, 2.05) is 0 Å². The van der Waals surface area contributed by atoms with Crippen molar-refractivity contribution in [2.75, 3.05) is 0 Å². The van der Waals surface area contributed by atoms with Gasteiger partial charge in [-0.25, -0.2) is 4.79 Å². The van der Waals surface area contributed by atoms with Gasteiger partial charge in [0.1, 0.15) is 6.29 Å². The Morgan fingerprint density at radius 1 is 1.50 bits per heavy atom. The first kappa shape index (κ1) is 13.8. The number of nitro groups is 1. The monoisotopic (exact) mass is 253 g/mol. The largest absolute Gasteiger partial charge is 0.479 e. The summed E-state index contributed by atoms with van der Waals surface area (Å²) in [6.45, 7) is 0. The highest BCUT2D eigenvalue weighted by Gasteiger charge is 2.20. The van der Waals surface area contributed by atoms with Gasteiger partial charge in [0.25, 0.3) is 5.69 Å². The van der Waals surface area contributed by atoms with Crippen molar-refractivity contribution in [2.24, 2.45) is 0 Å². The molecule has 0 aromatic heterocycles. The molecule has 0 aliphatic carbocycles. The van der Waals surface area contributed by atoms with Crippen LogP contribution in [0.3, 0.4) is 0 Å². The maximum absolute atomic E-state index is 10.7. The van der Waals surface area contributed by atoms with Crippen LogP contribution in [0.1, 0.15) is 23.7 Å². The maximum Gasteiger partial charge on any atom is 0.337 e. The van der Waals surface area contributed by atoms with Gasteiger partial charge in [0, 0.05) is 18.1 Å².